The lowest BCUT2D eigenvalue weighted by Crippen LogP contribution is -2.31. The van der Waals surface area contributed by atoms with Gasteiger partial charge in [0, 0.05) is 18.0 Å². The average molecular weight is 264 g/mol. The molecule has 1 N–H and O–H groups in total. The molecule has 0 bridgehead atoms. The molecule has 1 atom stereocenters. The summed E-state index contributed by atoms with van der Waals surface area (Å²) in [7, 11) is 0. The monoisotopic (exact) mass is 264 g/mol. The summed E-state index contributed by atoms with van der Waals surface area (Å²) in [6.07, 6.45) is 3.92. The first-order valence-corrected chi connectivity index (χ1v) is 7.08. The summed E-state index contributed by atoms with van der Waals surface area (Å²) < 4.78 is 5.34. The Morgan fingerprint density at radius 2 is 2.50 bits per heavy atom. The number of rotatable bonds is 4. The van der Waals surface area contributed by atoms with Gasteiger partial charge in [-0.3, -0.25) is 4.90 Å². The molecule has 3 heterocycles. The molecule has 3 rings (SSSR count). The van der Waals surface area contributed by atoms with Gasteiger partial charge in [-0.1, -0.05) is 0 Å². The highest BCUT2D eigenvalue weighted by molar-refractivity contribution is 7.13. The molecule has 18 heavy (non-hydrogen) atoms. The topological polar surface area (TPSA) is 49.5 Å². The summed E-state index contributed by atoms with van der Waals surface area (Å²) in [5, 5.41) is 12.3. The van der Waals surface area contributed by atoms with E-state index in [1.165, 1.54) is 6.42 Å². The summed E-state index contributed by atoms with van der Waals surface area (Å²) in [5.41, 5.74) is 1.06. The molecule has 1 aliphatic heterocycles. The Kier molecular flexibility index (Phi) is 3.45. The van der Waals surface area contributed by atoms with Gasteiger partial charge in [0.15, 0.2) is 10.8 Å². The third-order valence-corrected chi connectivity index (χ3v) is 4.26. The summed E-state index contributed by atoms with van der Waals surface area (Å²) >= 11 is 1.61. The molecule has 0 aromatic carbocycles. The number of nitrogens with zero attached hydrogens (tertiary/aromatic N) is 2. The Labute approximate surface area is 110 Å². The Morgan fingerprint density at radius 1 is 1.56 bits per heavy atom. The highest BCUT2D eigenvalue weighted by atomic mass is 32.1. The zero-order chi connectivity index (χ0) is 12.4. The van der Waals surface area contributed by atoms with E-state index in [-0.39, 0.29) is 6.61 Å². The smallest absolute Gasteiger partial charge is 0.162 e. The lowest BCUT2D eigenvalue weighted by atomic mass is 10.2. The molecular formula is C13H16N2O2S. The Hall–Kier alpha value is -1.17. The van der Waals surface area contributed by atoms with Crippen LogP contribution in [0.5, 0.6) is 0 Å². The Bertz CT molecular complexity index is 495. The molecule has 0 radical (unpaired) electrons. The summed E-state index contributed by atoms with van der Waals surface area (Å²) in [6.45, 7) is 2.12. The molecule has 96 valence electrons. The fourth-order valence-electron chi connectivity index (χ4n) is 2.41. The maximum absolute atomic E-state index is 9.30. The molecule has 0 amide bonds. The minimum Gasteiger partial charge on any atom is -0.462 e. The molecule has 1 aliphatic rings. The first kappa shape index (κ1) is 11.9. The van der Waals surface area contributed by atoms with Gasteiger partial charge in [0.25, 0.3) is 0 Å². The highest BCUT2D eigenvalue weighted by Crippen LogP contribution is 2.26. The number of aliphatic hydroxyl groups is 1. The highest BCUT2D eigenvalue weighted by Gasteiger charge is 2.24. The summed E-state index contributed by atoms with van der Waals surface area (Å²) in [6, 6.07) is 4.10. The standard InChI is InChI=1S/C13H16N2O2S/c16-8-11-3-1-5-15(11)7-10-9-18-13(14-10)12-4-2-6-17-12/h2,4,6,9,11,16H,1,3,5,7-8H2/t11-/m0/s1. The maximum atomic E-state index is 9.30. The molecule has 1 saturated heterocycles. The quantitative estimate of drug-likeness (QED) is 0.921. The molecule has 5 heteroatoms. The van der Waals surface area contributed by atoms with E-state index >= 15 is 0 Å². The van der Waals surface area contributed by atoms with Crippen LogP contribution in [-0.4, -0.2) is 34.2 Å². The molecular weight excluding hydrogens is 248 g/mol. The Balaban J connectivity index is 1.70. The molecule has 0 unspecified atom stereocenters. The summed E-state index contributed by atoms with van der Waals surface area (Å²) in [4.78, 5) is 6.89. The first-order valence-electron chi connectivity index (χ1n) is 6.20. The van der Waals surface area contributed by atoms with Crippen molar-refractivity contribution in [3.63, 3.8) is 0 Å². The van der Waals surface area contributed by atoms with E-state index < -0.39 is 0 Å². The minimum atomic E-state index is 0.245. The largest absolute Gasteiger partial charge is 0.462 e. The van der Waals surface area contributed by atoms with Gasteiger partial charge >= 0.3 is 0 Å². The van der Waals surface area contributed by atoms with Gasteiger partial charge in [0.1, 0.15) is 0 Å². The second-order valence-corrected chi connectivity index (χ2v) is 5.43. The predicted octanol–water partition coefficient (Wildman–Crippen LogP) is 2.36. The number of furan rings is 1. The predicted molar refractivity (Wildman–Crippen MR) is 70.3 cm³/mol. The number of likely N-dealkylation sites (tertiary alicyclic amines) is 1. The minimum absolute atomic E-state index is 0.245. The van der Waals surface area contributed by atoms with E-state index in [0.29, 0.717) is 6.04 Å². The number of thiazole rings is 1. The van der Waals surface area contributed by atoms with Crippen molar-refractivity contribution >= 4 is 11.3 Å². The van der Waals surface area contributed by atoms with E-state index in [2.05, 4.69) is 15.3 Å². The van der Waals surface area contributed by atoms with Gasteiger partial charge in [-0.15, -0.1) is 11.3 Å². The van der Waals surface area contributed by atoms with Gasteiger partial charge in [0.05, 0.1) is 18.6 Å². The summed E-state index contributed by atoms with van der Waals surface area (Å²) in [5.74, 6) is 0.825. The lowest BCUT2D eigenvalue weighted by Gasteiger charge is -2.21. The number of aliphatic hydroxyl groups excluding tert-OH is 1. The van der Waals surface area contributed by atoms with Crippen molar-refractivity contribution in [3.05, 3.63) is 29.5 Å². The zero-order valence-corrected chi connectivity index (χ0v) is 10.9. The van der Waals surface area contributed by atoms with Crippen LogP contribution in [0.25, 0.3) is 10.8 Å². The van der Waals surface area contributed by atoms with E-state index in [1.807, 2.05) is 12.1 Å². The Morgan fingerprint density at radius 3 is 3.28 bits per heavy atom. The van der Waals surface area contributed by atoms with Crippen LogP contribution < -0.4 is 0 Å². The fraction of sp³-hybridized carbons (Fsp3) is 0.462. The number of hydrogen-bond acceptors (Lipinski definition) is 5. The van der Waals surface area contributed by atoms with Gasteiger partial charge in [-0.25, -0.2) is 4.98 Å². The normalized spacial score (nSPS) is 20.6. The van der Waals surface area contributed by atoms with E-state index in [0.717, 1.165) is 36.0 Å². The third kappa shape index (κ3) is 2.34. The van der Waals surface area contributed by atoms with Crippen LogP contribution in [0.1, 0.15) is 18.5 Å². The van der Waals surface area contributed by atoms with Crippen molar-refractivity contribution in [2.75, 3.05) is 13.2 Å². The van der Waals surface area contributed by atoms with Crippen LogP contribution in [0.4, 0.5) is 0 Å². The second kappa shape index (κ2) is 5.22. The first-order chi connectivity index (χ1) is 8.86. The molecule has 1 fully saturated rings. The number of hydrogen-bond donors (Lipinski definition) is 1. The SMILES string of the molecule is OC[C@@H]1CCCN1Cc1csc(-c2ccco2)n1. The second-order valence-electron chi connectivity index (χ2n) is 4.57. The van der Waals surface area contributed by atoms with Crippen LogP contribution in [-0.2, 0) is 6.54 Å². The lowest BCUT2D eigenvalue weighted by molar-refractivity contribution is 0.152. The average Bonchev–Trinajstić information content (AvgIpc) is 3.10. The van der Waals surface area contributed by atoms with E-state index in [1.54, 1.807) is 17.6 Å². The van der Waals surface area contributed by atoms with Crippen molar-refractivity contribution < 1.29 is 9.52 Å². The van der Waals surface area contributed by atoms with Crippen LogP contribution in [0.15, 0.2) is 28.2 Å². The van der Waals surface area contributed by atoms with Crippen LogP contribution >= 0.6 is 11.3 Å². The third-order valence-electron chi connectivity index (χ3n) is 3.36. The van der Waals surface area contributed by atoms with Gasteiger partial charge in [-0.05, 0) is 31.5 Å². The molecule has 0 spiro atoms. The van der Waals surface area contributed by atoms with Crippen molar-refractivity contribution in [3.8, 4) is 10.8 Å². The number of aromatic nitrogens is 1. The van der Waals surface area contributed by atoms with Crippen LogP contribution in [0.2, 0.25) is 0 Å². The zero-order valence-electron chi connectivity index (χ0n) is 10.1. The van der Waals surface area contributed by atoms with Crippen molar-refractivity contribution in [2.24, 2.45) is 0 Å². The van der Waals surface area contributed by atoms with Crippen LogP contribution in [0, 0.1) is 0 Å². The van der Waals surface area contributed by atoms with Gasteiger partial charge < -0.3 is 9.52 Å². The van der Waals surface area contributed by atoms with Crippen molar-refractivity contribution in [1.82, 2.24) is 9.88 Å². The van der Waals surface area contributed by atoms with E-state index in [9.17, 15) is 5.11 Å². The van der Waals surface area contributed by atoms with Crippen molar-refractivity contribution in [1.29, 1.82) is 0 Å². The molecule has 4 nitrogen and oxygen atoms in total. The molecule has 0 saturated carbocycles. The van der Waals surface area contributed by atoms with Crippen molar-refractivity contribution in [2.45, 2.75) is 25.4 Å². The molecule has 2 aromatic heterocycles. The molecule has 2 aromatic rings. The van der Waals surface area contributed by atoms with Gasteiger partial charge in [-0.2, -0.15) is 0 Å². The maximum Gasteiger partial charge on any atom is 0.162 e. The van der Waals surface area contributed by atoms with Gasteiger partial charge in [0.2, 0.25) is 0 Å². The van der Waals surface area contributed by atoms with Crippen LogP contribution in [0.3, 0.4) is 0 Å². The molecule has 0 aliphatic carbocycles. The van der Waals surface area contributed by atoms with E-state index in [4.69, 9.17) is 4.42 Å². The fourth-order valence-corrected chi connectivity index (χ4v) is 3.19.